The van der Waals surface area contributed by atoms with Crippen LogP contribution >= 0.6 is 22.9 Å². The minimum Gasteiger partial charge on any atom is -0.485 e. The monoisotopic (exact) mass is 268 g/mol. The van der Waals surface area contributed by atoms with Crippen LogP contribution in [0.25, 0.3) is 0 Å². The van der Waals surface area contributed by atoms with Crippen LogP contribution in [0.5, 0.6) is 5.75 Å². The van der Waals surface area contributed by atoms with E-state index in [0.717, 1.165) is 22.7 Å². The van der Waals surface area contributed by atoms with E-state index in [1.165, 1.54) is 0 Å². The lowest BCUT2D eigenvalue weighted by molar-refractivity contribution is 0.302. The summed E-state index contributed by atoms with van der Waals surface area (Å²) in [4.78, 5) is 4.16. The summed E-state index contributed by atoms with van der Waals surface area (Å²) in [7, 11) is 0. The number of hydrogen-bond acceptors (Lipinski definition) is 4. The molecular formula is C12H13ClN2OS. The minimum atomic E-state index is 0.443. The van der Waals surface area contributed by atoms with Gasteiger partial charge in [-0.25, -0.2) is 4.98 Å². The summed E-state index contributed by atoms with van der Waals surface area (Å²) in [6.45, 7) is 1.02. The van der Waals surface area contributed by atoms with Crippen molar-refractivity contribution in [2.24, 2.45) is 5.73 Å². The quantitative estimate of drug-likeness (QED) is 0.907. The first kappa shape index (κ1) is 12.4. The average Bonchev–Trinajstić information content (AvgIpc) is 2.82. The van der Waals surface area contributed by atoms with E-state index in [1.54, 1.807) is 17.5 Å². The van der Waals surface area contributed by atoms with Crippen LogP contribution in [0.1, 0.15) is 10.6 Å². The molecule has 90 valence electrons. The molecule has 1 aromatic carbocycles. The second-order valence-corrected chi connectivity index (χ2v) is 4.87. The van der Waals surface area contributed by atoms with Crippen molar-refractivity contribution in [2.45, 2.75) is 13.0 Å². The fourth-order valence-electron chi connectivity index (χ4n) is 1.53. The van der Waals surface area contributed by atoms with Gasteiger partial charge in [-0.3, -0.25) is 0 Å². The maximum Gasteiger partial charge on any atom is 0.141 e. The lowest BCUT2D eigenvalue weighted by Gasteiger charge is -2.11. The van der Waals surface area contributed by atoms with Crippen LogP contribution in [0.2, 0.25) is 5.02 Å². The van der Waals surface area contributed by atoms with Crippen molar-refractivity contribution in [3.63, 3.8) is 0 Å². The van der Waals surface area contributed by atoms with Gasteiger partial charge < -0.3 is 10.5 Å². The molecule has 1 aromatic heterocycles. The highest BCUT2D eigenvalue weighted by atomic mass is 35.5. The van der Waals surface area contributed by atoms with Crippen molar-refractivity contribution in [3.05, 3.63) is 45.4 Å². The third-order valence-electron chi connectivity index (χ3n) is 2.29. The fourth-order valence-corrected chi connectivity index (χ4v) is 2.30. The second kappa shape index (κ2) is 6.00. The summed E-state index contributed by atoms with van der Waals surface area (Å²) in [5.74, 6) is 0.717. The molecule has 0 aliphatic carbocycles. The predicted molar refractivity (Wildman–Crippen MR) is 70.7 cm³/mol. The number of benzene rings is 1. The van der Waals surface area contributed by atoms with Gasteiger partial charge in [0, 0.05) is 11.6 Å². The zero-order valence-electron chi connectivity index (χ0n) is 9.23. The molecule has 2 N–H and O–H groups in total. The number of nitrogens with zero attached hydrogens (tertiary/aromatic N) is 1. The molecule has 0 fully saturated rings. The van der Waals surface area contributed by atoms with Gasteiger partial charge in [-0.1, -0.05) is 23.7 Å². The Morgan fingerprint density at radius 3 is 3.00 bits per heavy atom. The highest BCUT2D eigenvalue weighted by Crippen LogP contribution is 2.29. The van der Waals surface area contributed by atoms with Gasteiger partial charge >= 0.3 is 0 Å². The SMILES string of the molecule is NCCc1cccc(Cl)c1OCc1nccs1. The van der Waals surface area contributed by atoms with E-state index in [1.807, 2.05) is 23.6 Å². The lowest BCUT2D eigenvalue weighted by atomic mass is 10.1. The minimum absolute atomic E-state index is 0.443. The van der Waals surface area contributed by atoms with Gasteiger partial charge in [0.25, 0.3) is 0 Å². The molecule has 0 aliphatic heterocycles. The maximum atomic E-state index is 6.12. The molecule has 0 aliphatic rings. The first-order chi connectivity index (χ1) is 8.31. The van der Waals surface area contributed by atoms with E-state index in [-0.39, 0.29) is 0 Å². The molecule has 0 saturated heterocycles. The molecule has 0 bridgehead atoms. The van der Waals surface area contributed by atoms with Gasteiger partial charge in [-0.05, 0) is 24.6 Å². The predicted octanol–water partition coefficient (Wildman–Crippen LogP) is 2.88. The second-order valence-electron chi connectivity index (χ2n) is 3.48. The number of aromatic nitrogens is 1. The van der Waals surface area contributed by atoms with Crippen molar-refractivity contribution < 1.29 is 4.74 Å². The molecule has 5 heteroatoms. The number of nitrogens with two attached hydrogens (primary N) is 1. The van der Waals surface area contributed by atoms with Crippen LogP contribution in [-0.4, -0.2) is 11.5 Å². The summed E-state index contributed by atoms with van der Waals surface area (Å²) in [5.41, 5.74) is 6.60. The highest BCUT2D eigenvalue weighted by molar-refractivity contribution is 7.09. The van der Waals surface area contributed by atoms with Gasteiger partial charge in [0.1, 0.15) is 17.4 Å². The largest absolute Gasteiger partial charge is 0.485 e. The molecule has 17 heavy (non-hydrogen) atoms. The topological polar surface area (TPSA) is 48.1 Å². The van der Waals surface area contributed by atoms with Crippen LogP contribution in [0.3, 0.4) is 0 Å². The summed E-state index contributed by atoms with van der Waals surface area (Å²) < 4.78 is 5.73. The van der Waals surface area contributed by atoms with E-state index < -0.39 is 0 Å². The smallest absolute Gasteiger partial charge is 0.141 e. The van der Waals surface area contributed by atoms with Crippen molar-refractivity contribution in [1.82, 2.24) is 4.98 Å². The number of hydrogen-bond donors (Lipinski definition) is 1. The van der Waals surface area contributed by atoms with Gasteiger partial charge in [0.05, 0.1) is 5.02 Å². The van der Waals surface area contributed by atoms with Crippen molar-refractivity contribution in [1.29, 1.82) is 0 Å². The molecule has 3 nitrogen and oxygen atoms in total. The molecule has 0 amide bonds. The number of ether oxygens (including phenoxy) is 1. The Kier molecular flexibility index (Phi) is 4.36. The van der Waals surface area contributed by atoms with Crippen molar-refractivity contribution in [2.75, 3.05) is 6.54 Å². The van der Waals surface area contributed by atoms with Gasteiger partial charge in [0.15, 0.2) is 0 Å². The zero-order valence-corrected chi connectivity index (χ0v) is 10.8. The standard InChI is InChI=1S/C12H13ClN2OS/c13-10-3-1-2-9(4-5-14)12(10)16-8-11-15-6-7-17-11/h1-3,6-7H,4-5,8,14H2. The average molecular weight is 269 g/mol. The Balaban J connectivity index is 2.13. The Labute approximate surface area is 109 Å². The number of halogens is 1. The molecule has 0 spiro atoms. The van der Waals surface area contributed by atoms with Crippen LogP contribution < -0.4 is 10.5 Å². The number of para-hydroxylation sites is 1. The molecule has 0 atom stereocenters. The molecule has 2 aromatic rings. The normalized spacial score (nSPS) is 10.5. The molecule has 0 saturated carbocycles. The third-order valence-corrected chi connectivity index (χ3v) is 3.34. The molecule has 1 heterocycles. The first-order valence-corrected chi connectivity index (χ1v) is 6.55. The molecule has 2 rings (SSSR count). The zero-order chi connectivity index (χ0) is 12.1. The molecular weight excluding hydrogens is 256 g/mol. The van der Waals surface area contributed by atoms with Crippen molar-refractivity contribution >= 4 is 22.9 Å². The Morgan fingerprint density at radius 2 is 2.29 bits per heavy atom. The Bertz CT molecular complexity index is 473. The first-order valence-electron chi connectivity index (χ1n) is 5.30. The van der Waals surface area contributed by atoms with E-state index in [4.69, 9.17) is 22.1 Å². The Morgan fingerprint density at radius 1 is 1.41 bits per heavy atom. The van der Waals surface area contributed by atoms with Crippen LogP contribution in [0.15, 0.2) is 29.8 Å². The molecule has 0 radical (unpaired) electrons. The van der Waals surface area contributed by atoms with Crippen LogP contribution in [-0.2, 0) is 13.0 Å². The van der Waals surface area contributed by atoms with E-state index in [2.05, 4.69) is 4.98 Å². The summed E-state index contributed by atoms with van der Waals surface area (Å²) in [6.07, 6.45) is 2.52. The van der Waals surface area contributed by atoms with E-state index in [0.29, 0.717) is 18.2 Å². The number of rotatable bonds is 5. The lowest BCUT2D eigenvalue weighted by Crippen LogP contribution is -2.05. The summed E-state index contributed by atoms with van der Waals surface area (Å²) >= 11 is 7.69. The van der Waals surface area contributed by atoms with Crippen LogP contribution in [0.4, 0.5) is 0 Å². The summed E-state index contributed by atoms with van der Waals surface area (Å²) in [6, 6.07) is 5.71. The van der Waals surface area contributed by atoms with E-state index >= 15 is 0 Å². The summed E-state index contributed by atoms with van der Waals surface area (Å²) in [5, 5.41) is 3.47. The number of thiazole rings is 1. The van der Waals surface area contributed by atoms with Gasteiger partial charge in [-0.15, -0.1) is 11.3 Å². The van der Waals surface area contributed by atoms with Gasteiger partial charge in [0.2, 0.25) is 0 Å². The Hall–Kier alpha value is -1.10. The molecule has 0 unspecified atom stereocenters. The fraction of sp³-hybridized carbons (Fsp3) is 0.250. The van der Waals surface area contributed by atoms with Crippen molar-refractivity contribution in [3.8, 4) is 5.75 Å². The highest BCUT2D eigenvalue weighted by Gasteiger charge is 2.08. The van der Waals surface area contributed by atoms with Crippen LogP contribution in [0, 0.1) is 0 Å². The third kappa shape index (κ3) is 3.19. The maximum absolute atomic E-state index is 6.12. The van der Waals surface area contributed by atoms with Gasteiger partial charge in [-0.2, -0.15) is 0 Å². The van der Waals surface area contributed by atoms with E-state index in [9.17, 15) is 0 Å².